The van der Waals surface area contributed by atoms with Gasteiger partial charge in [-0.2, -0.15) is 0 Å². The van der Waals surface area contributed by atoms with Crippen LogP contribution in [0.2, 0.25) is 0 Å². The van der Waals surface area contributed by atoms with E-state index < -0.39 is 0 Å². The van der Waals surface area contributed by atoms with Crippen LogP contribution in [0.1, 0.15) is 47.6 Å². The molecule has 214 valence electrons. The maximum atomic E-state index is 2.79. The second kappa shape index (κ2) is 7.92. The van der Waals surface area contributed by atoms with Gasteiger partial charge in [-0.05, 0) is 78.5 Å². The molecule has 3 heteroatoms. The van der Waals surface area contributed by atoms with E-state index in [-0.39, 0.29) is 12.3 Å². The fourth-order valence-electron chi connectivity index (χ4n) is 10.3. The average molecular weight is 602 g/mol. The van der Waals surface area contributed by atoms with Crippen molar-refractivity contribution >= 4 is 60.9 Å². The molecule has 12 rings (SSSR count). The number of hydrogen-bond donors (Lipinski definition) is 0. The minimum absolute atomic E-state index is 0.0746. The summed E-state index contributed by atoms with van der Waals surface area (Å²) >= 11 is 1.99. The summed E-state index contributed by atoms with van der Waals surface area (Å²) in [4.78, 5) is 1.48. The maximum absolute atomic E-state index is 2.79. The molecule has 1 unspecified atom stereocenters. The molecule has 1 atom stereocenters. The van der Waals surface area contributed by atoms with Crippen molar-refractivity contribution in [2.24, 2.45) is 0 Å². The summed E-state index contributed by atoms with van der Waals surface area (Å²) in [5.41, 5.74) is 19.0. The summed E-state index contributed by atoms with van der Waals surface area (Å²) in [6, 6.07) is 44.3. The van der Waals surface area contributed by atoms with Crippen LogP contribution in [0.4, 0.5) is 0 Å². The number of thiophene rings is 1. The van der Waals surface area contributed by atoms with Crippen molar-refractivity contribution in [3.63, 3.8) is 0 Å². The molecule has 0 bridgehead atoms. The zero-order chi connectivity index (χ0) is 30.1. The molecule has 8 aromatic rings. The molecule has 4 heterocycles. The lowest BCUT2D eigenvalue weighted by molar-refractivity contribution is 0.666. The summed E-state index contributed by atoms with van der Waals surface area (Å²) in [6.45, 7) is 4.99. The Hall–Kier alpha value is -4.86. The highest BCUT2D eigenvalue weighted by Gasteiger charge is 2.49. The van der Waals surface area contributed by atoms with E-state index in [4.69, 9.17) is 0 Å². The smallest absolute Gasteiger partial charge is 0.329 e. The lowest BCUT2D eigenvalue weighted by Gasteiger charge is -2.41. The highest BCUT2D eigenvalue weighted by molar-refractivity contribution is 7.22. The van der Waals surface area contributed by atoms with Gasteiger partial charge >= 0.3 is 6.85 Å². The van der Waals surface area contributed by atoms with Crippen LogP contribution in [-0.4, -0.2) is 11.3 Å². The van der Waals surface area contributed by atoms with E-state index in [1.54, 1.807) is 5.56 Å². The van der Waals surface area contributed by atoms with E-state index in [9.17, 15) is 0 Å². The molecular weight excluding hydrogens is 573 g/mol. The van der Waals surface area contributed by atoms with Crippen LogP contribution >= 0.6 is 11.3 Å². The quantitative estimate of drug-likeness (QED) is 0.153. The van der Waals surface area contributed by atoms with Gasteiger partial charge in [0.1, 0.15) is 0 Å². The molecule has 0 N–H and O–H groups in total. The molecule has 1 nitrogen and oxygen atoms in total. The van der Waals surface area contributed by atoms with Crippen molar-refractivity contribution in [2.45, 2.75) is 31.6 Å². The maximum Gasteiger partial charge on any atom is 0.329 e. The Kier molecular flexibility index (Phi) is 4.20. The van der Waals surface area contributed by atoms with Crippen molar-refractivity contribution < 1.29 is 0 Å². The largest absolute Gasteiger partial charge is 0.375 e. The second-order valence-electron chi connectivity index (χ2n) is 14.3. The first-order valence-electron chi connectivity index (χ1n) is 16.6. The van der Waals surface area contributed by atoms with Gasteiger partial charge in [0.2, 0.25) is 0 Å². The highest BCUT2D eigenvalue weighted by atomic mass is 32.1. The molecule has 2 aromatic heterocycles. The van der Waals surface area contributed by atoms with Gasteiger partial charge in [-0.25, -0.2) is 0 Å². The summed E-state index contributed by atoms with van der Waals surface area (Å²) < 4.78 is 4.20. The van der Waals surface area contributed by atoms with E-state index in [0.717, 1.165) is 6.42 Å². The molecular formula is C43H28BNS. The molecule has 0 amide bonds. The van der Waals surface area contributed by atoms with Crippen LogP contribution in [0.3, 0.4) is 0 Å². The van der Waals surface area contributed by atoms with E-state index in [1.807, 2.05) is 11.3 Å². The van der Waals surface area contributed by atoms with Crippen LogP contribution in [0.5, 0.6) is 0 Å². The van der Waals surface area contributed by atoms with Gasteiger partial charge in [-0.1, -0.05) is 123 Å². The first-order chi connectivity index (χ1) is 22.6. The fourth-order valence-corrected chi connectivity index (χ4v) is 11.5. The molecule has 4 aliphatic rings. The second-order valence-corrected chi connectivity index (χ2v) is 15.4. The molecule has 46 heavy (non-hydrogen) atoms. The minimum Gasteiger partial charge on any atom is -0.375 e. The van der Waals surface area contributed by atoms with Crippen LogP contribution in [-0.2, 0) is 11.8 Å². The highest BCUT2D eigenvalue weighted by Crippen LogP contribution is 2.57. The minimum atomic E-state index is -0.0746. The van der Waals surface area contributed by atoms with E-state index in [2.05, 4.69) is 134 Å². The Balaban J connectivity index is 1.30. The third-order valence-corrected chi connectivity index (χ3v) is 13.2. The Morgan fingerprint density at radius 2 is 1.48 bits per heavy atom. The predicted molar refractivity (Wildman–Crippen MR) is 196 cm³/mol. The van der Waals surface area contributed by atoms with Crippen molar-refractivity contribution in [3.05, 3.63) is 143 Å². The number of aromatic nitrogens is 1. The molecule has 2 aliphatic carbocycles. The molecule has 2 aliphatic heterocycles. The van der Waals surface area contributed by atoms with Crippen molar-refractivity contribution in [1.29, 1.82) is 0 Å². The summed E-state index contributed by atoms with van der Waals surface area (Å²) in [7, 11) is 0. The van der Waals surface area contributed by atoms with Gasteiger partial charge in [-0.15, -0.1) is 11.3 Å². The molecule has 0 spiro atoms. The summed E-state index contributed by atoms with van der Waals surface area (Å²) in [6.07, 6.45) is 1.05. The number of fused-ring (bicyclic) bond motifs is 15. The monoisotopic (exact) mass is 601 g/mol. The zero-order valence-electron chi connectivity index (χ0n) is 25.7. The molecule has 0 saturated carbocycles. The lowest BCUT2D eigenvalue weighted by atomic mass is 9.40. The fraction of sp³-hybridized carbons (Fsp3) is 0.116. The Bertz CT molecular complexity index is 2720. The van der Waals surface area contributed by atoms with Crippen molar-refractivity contribution in [3.8, 4) is 32.8 Å². The van der Waals surface area contributed by atoms with Gasteiger partial charge in [0.05, 0.1) is 0 Å². The summed E-state index contributed by atoms with van der Waals surface area (Å²) in [5.74, 6) is 0.333. The predicted octanol–water partition coefficient (Wildman–Crippen LogP) is 9.62. The SMILES string of the molecule is CC1(C)c2ccccc2-c2c1c1cccc3c1n2B1c2cccc4c2C(Cc2c-4sc4ccccc24)c2cc4ccccc4c-3c21. The van der Waals surface area contributed by atoms with E-state index in [1.165, 1.54) is 97.8 Å². The Labute approximate surface area is 271 Å². The van der Waals surface area contributed by atoms with E-state index >= 15 is 0 Å². The van der Waals surface area contributed by atoms with Crippen LogP contribution < -0.4 is 10.9 Å². The normalized spacial score (nSPS) is 17.2. The first kappa shape index (κ1) is 24.4. The number of para-hydroxylation sites is 1. The lowest BCUT2D eigenvalue weighted by Crippen LogP contribution is -2.58. The van der Waals surface area contributed by atoms with Crippen LogP contribution in [0.25, 0.3) is 64.6 Å². The topological polar surface area (TPSA) is 4.93 Å². The van der Waals surface area contributed by atoms with Gasteiger partial charge in [0.15, 0.2) is 0 Å². The molecule has 0 fully saturated rings. The number of nitrogens with zero attached hydrogens (tertiary/aromatic N) is 1. The zero-order valence-corrected chi connectivity index (χ0v) is 26.5. The van der Waals surface area contributed by atoms with Crippen molar-refractivity contribution in [2.75, 3.05) is 0 Å². The number of benzene rings is 6. The molecule has 6 aromatic carbocycles. The third kappa shape index (κ3) is 2.60. The average Bonchev–Trinajstić information content (AvgIpc) is 3.72. The first-order valence-corrected chi connectivity index (χ1v) is 17.4. The van der Waals surface area contributed by atoms with Gasteiger partial charge in [0.25, 0.3) is 0 Å². The van der Waals surface area contributed by atoms with Crippen LogP contribution in [0, 0.1) is 0 Å². The molecule has 0 saturated heterocycles. The Morgan fingerprint density at radius 1 is 0.739 bits per heavy atom. The van der Waals surface area contributed by atoms with Gasteiger partial charge in [0, 0.05) is 48.6 Å². The number of hydrogen-bond acceptors (Lipinski definition) is 1. The summed E-state index contributed by atoms with van der Waals surface area (Å²) in [5, 5.41) is 5.58. The van der Waals surface area contributed by atoms with E-state index in [0.29, 0.717) is 5.92 Å². The molecule has 0 radical (unpaired) electrons. The van der Waals surface area contributed by atoms with Gasteiger partial charge in [-0.3, -0.25) is 0 Å². The van der Waals surface area contributed by atoms with Crippen molar-refractivity contribution in [1.82, 2.24) is 4.48 Å². The number of rotatable bonds is 0. The van der Waals surface area contributed by atoms with Crippen LogP contribution in [0.15, 0.2) is 115 Å². The third-order valence-electron chi connectivity index (χ3n) is 11.9. The Morgan fingerprint density at radius 3 is 2.41 bits per heavy atom. The standard InChI is InChI=1S/C43H28BNS/c1-43(2)33-18-7-5-14-26(33)41-38(43)29-17-9-15-27-37-24-12-4-3-11-23(24)21-31-30-22-32-25-13-6-8-20-35(25)46-42(32)28-16-10-19-34(36(28)30)44(39(31)37)45(41)40(27)29/h3-21,30H,22H2,1-2H3. The van der Waals surface area contributed by atoms with Gasteiger partial charge < -0.3 is 4.48 Å².